The number of rotatable bonds is 5. The quantitative estimate of drug-likeness (QED) is 0.806. The lowest BCUT2D eigenvalue weighted by atomic mass is 9.89. The van der Waals surface area contributed by atoms with Crippen LogP contribution in [-0.4, -0.2) is 23.8 Å². The van der Waals surface area contributed by atoms with Gasteiger partial charge >= 0.3 is 5.97 Å². The molecule has 1 aromatic heterocycles. The minimum Gasteiger partial charge on any atom is -0.451 e. The Labute approximate surface area is 152 Å². The third-order valence-corrected chi connectivity index (χ3v) is 6.40. The Morgan fingerprint density at radius 3 is 2.52 bits per heavy atom. The van der Waals surface area contributed by atoms with Crippen molar-refractivity contribution in [3.63, 3.8) is 0 Å². The Bertz CT molecular complexity index is 688. The van der Waals surface area contributed by atoms with Gasteiger partial charge in [-0.3, -0.25) is 9.59 Å². The summed E-state index contributed by atoms with van der Waals surface area (Å²) in [5.74, 6) is -0.645. The van der Waals surface area contributed by atoms with Crippen molar-refractivity contribution in [3.8, 4) is 0 Å². The van der Waals surface area contributed by atoms with Crippen LogP contribution in [0.15, 0.2) is 0 Å². The fourth-order valence-corrected chi connectivity index (χ4v) is 4.87. The first-order chi connectivity index (χ1) is 12.0. The summed E-state index contributed by atoms with van der Waals surface area (Å²) < 4.78 is 5.32. The van der Waals surface area contributed by atoms with Gasteiger partial charge in [-0.1, -0.05) is 19.3 Å². The molecule has 0 aliphatic heterocycles. The molecule has 5 nitrogen and oxygen atoms in total. The summed E-state index contributed by atoms with van der Waals surface area (Å²) in [4.78, 5) is 37.8. The molecule has 1 aromatic rings. The van der Waals surface area contributed by atoms with E-state index in [-0.39, 0.29) is 17.6 Å². The van der Waals surface area contributed by atoms with E-state index in [9.17, 15) is 14.4 Å². The smallest absolute Gasteiger partial charge is 0.342 e. The van der Waals surface area contributed by atoms with Gasteiger partial charge in [-0.15, -0.1) is 11.3 Å². The first-order valence-electron chi connectivity index (χ1n) is 9.14. The van der Waals surface area contributed by atoms with Crippen molar-refractivity contribution in [2.45, 2.75) is 71.3 Å². The van der Waals surface area contributed by atoms with Crippen molar-refractivity contribution in [1.29, 1.82) is 0 Å². The van der Waals surface area contributed by atoms with E-state index in [0.717, 1.165) is 55.4 Å². The third-order valence-electron chi connectivity index (χ3n) is 5.19. The van der Waals surface area contributed by atoms with Crippen molar-refractivity contribution in [1.82, 2.24) is 0 Å². The Morgan fingerprint density at radius 1 is 1.12 bits per heavy atom. The highest BCUT2D eigenvalue weighted by Crippen LogP contribution is 2.40. The number of ketones is 1. The molecule has 136 valence electrons. The van der Waals surface area contributed by atoms with Gasteiger partial charge in [-0.05, 0) is 51.5 Å². The number of esters is 1. The van der Waals surface area contributed by atoms with Gasteiger partial charge in [0, 0.05) is 10.8 Å². The van der Waals surface area contributed by atoms with E-state index in [0.29, 0.717) is 10.6 Å². The number of anilines is 1. The van der Waals surface area contributed by atoms with Crippen molar-refractivity contribution in [3.05, 3.63) is 16.0 Å². The Hall–Kier alpha value is -1.69. The molecule has 0 radical (unpaired) electrons. The highest BCUT2D eigenvalue weighted by atomic mass is 32.1. The molecule has 0 spiro atoms. The number of aryl methyl sites for hydroxylation is 1. The Balaban J connectivity index is 1.80. The first-order valence-corrected chi connectivity index (χ1v) is 9.96. The van der Waals surface area contributed by atoms with Crippen molar-refractivity contribution >= 4 is 34.0 Å². The van der Waals surface area contributed by atoms with Crippen LogP contribution in [0.3, 0.4) is 0 Å². The van der Waals surface area contributed by atoms with Crippen LogP contribution in [0.4, 0.5) is 5.00 Å². The molecule has 6 heteroatoms. The molecule has 1 amide bonds. The second-order valence-corrected chi connectivity index (χ2v) is 8.15. The summed E-state index contributed by atoms with van der Waals surface area (Å²) in [5, 5.41) is 3.59. The van der Waals surface area contributed by atoms with Crippen LogP contribution in [0.2, 0.25) is 0 Å². The second kappa shape index (κ2) is 7.68. The number of hydrogen-bond donors (Lipinski definition) is 1. The van der Waals surface area contributed by atoms with Crippen LogP contribution in [0, 0.1) is 5.92 Å². The molecule has 1 N–H and O–H groups in total. The SMILES string of the molecule is CC(=O)C(C)OC(=O)c1c(NC(=O)C2CCCCC2)sc2c1CCC2. The van der Waals surface area contributed by atoms with Crippen LogP contribution < -0.4 is 5.32 Å². The zero-order valence-electron chi connectivity index (χ0n) is 14.9. The summed E-state index contributed by atoms with van der Waals surface area (Å²) in [7, 11) is 0. The Kier molecular flexibility index (Phi) is 5.57. The van der Waals surface area contributed by atoms with Crippen LogP contribution >= 0.6 is 11.3 Å². The molecule has 25 heavy (non-hydrogen) atoms. The van der Waals surface area contributed by atoms with E-state index in [1.54, 1.807) is 6.92 Å². The van der Waals surface area contributed by atoms with Gasteiger partial charge in [-0.25, -0.2) is 4.79 Å². The Morgan fingerprint density at radius 2 is 1.84 bits per heavy atom. The lowest BCUT2D eigenvalue weighted by Crippen LogP contribution is -2.26. The highest BCUT2D eigenvalue weighted by Gasteiger charge is 2.31. The number of fused-ring (bicyclic) bond motifs is 1. The van der Waals surface area contributed by atoms with E-state index in [1.807, 2.05) is 0 Å². The van der Waals surface area contributed by atoms with Gasteiger partial charge in [0.2, 0.25) is 5.91 Å². The second-order valence-electron chi connectivity index (χ2n) is 7.04. The molecule has 1 heterocycles. The average Bonchev–Trinajstić information content (AvgIpc) is 3.15. The largest absolute Gasteiger partial charge is 0.451 e. The van der Waals surface area contributed by atoms with E-state index >= 15 is 0 Å². The molecule has 0 saturated heterocycles. The maximum absolute atomic E-state index is 12.6. The number of carbonyl (C=O) groups is 3. The van der Waals surface area contributed by atoms with Crippen LogP contribution in [0.25, 0.3) is 0 Å². The maximum Gasteiger partial charge on any atom is 0.342 e. The summed E-state index contributed by atoms with van der Waals surface area (Å²) in [5.41, 5.74) is 1.46. The van der Waals surface area contributed by atoms with E-state index < -0.39 is 12.1 Å². The number of nitrogens with one attached hydrogen (secondary N) is 1. The minimum atomic E-state index is -0.772. The molecule has 1 saturated carbocycles. The number of thiophene rings is 1. The zero-order valence-corrected chi connectivity index (χ0v) is 15.7. The van der Waals surface area contributed by atoms with Crippen molar-refractivity contribution < 1.29 is 19.1 Å². The summed E-state index contributed by atoms with van der Waals surface area (Å²) >= 11 is 1.49. The van der Waals surface area contributed by atoms with Gasteiger partial charge < -0.3 is 10.1 Å². The summed E-state index contributed by atoms with van der Waals surface area (Å²) in [6.45, 7) is 2.98. The molecule has 0 bridgehead atoms. The first kappa shape index (κ1) is 18.1. The predicted octanol–water partition coefficient (Wildman–Crippen LogP) is 3.89. The molecule has 1 atom stereocenters. The standard InChI is InChI=1S/C19H25NO4S/c1-11(21)12(2)24-19(23)16-14-9-6-10-15(14)25-18(16)20-17(22)13-7-4-3-5-8-13/h12-13H,3-10H2,1-2H3,(H,20,22). The van der Waals surface area contributed by atoms with Crippen molar-refractivity contribution in [2.75, 3.05) is 5.32 Å². The van der Waals surface area contributed by atoms with Gasteiger partial charge in [-0.2, -0.15) is 0 Å². The molecule has 2 aliphatic carbocycles. The summed E-state index contributed by atoms with van der Waals surface area (Å²) in [6, 6.07) is 0. The topological polar surface area (TPSA) is 72.5 Å². The van der Waals surface area contributed by atoms with Crippen LogP contribution in [0.5, 0.6) is 0 Å². The fourth-order valence-electron chi connectivity index (χ4n) is 3.59. The third kappa shape index (κ3) is 3.94. The zero-order chi connectivity index (χ0) is 18.0. The number of carbonyl (C=O) groups excluding carboxylic acids is 3. The molecule has 1 unspecified atom stereocenters. The average molecular weight is 363 g/mol. The van der Waals surface area contributed by atoms with Gasteiger partial charge in [0.25, 0.3) is 0 Å². The van der Waals surface area contributed by atoms with Crippen molar-refractivity contribution in [2.24, 2.45) is 5.92 Å². The van der Waals surface area contributed by atoms with Gasteiger partial charge in [0.1, 0.15) is 5.00 Å². The fraction of sp³-hybridized carbons (Fsp3) is 0.632. The maximum atomic E-state index is 12.6. The molecular weight excluding hydrogens is 338 g/mol. The predicted molar refractivity (Wildman–Crippen MR) is 97.1 cm³/mol. The number of amides is 1. The number of ether oxygens (including phenoxy) is 1. The molecule has 0 aromatic carbocycles. The minimum absolute atomic E-state index is 0.00768. The molecule has 3 rings (SSSR count). The van der Waals surface area contributed by atoms with Gasteiger partial charge in [0.15, 0.2) is 11.9 Å². The lowest BCUT2D eigenvalue weighted by molar-refractivity contribution is -0.124. The number of Topliss-reactive ketones (excluding diaryl/α,β-unsaturated/α-hetero) is 1. The molecule has 1 fully saturated rings. The number of hydrogen-bond acceptors (Lipinski definition) is 5. The lowest BCUT2D eigenvalue weighted by Gasteiger charge is -2.20. The molecular formula is C19H25NO4S. The van der Waals surface area contributed by atoms with E-state index in [2.05, 4.69) is 5.32 Å². The van der Waals surface area contributed by atoms with E-state index in [1.165, 1.54) is 24.7 Å². The van der Waals surface area contributed by atoms with Crippen LogP contribution in [0.1, 0.15) is 73.2 Å². The highest BCUT2D eigenvalue weighted by molar-refractivity contribution is 7.17. The normalized spacial score (nSPS) is 18.5. The van der Waals surface area contributed by atoms with E-state index in [4.69, 9.17) is 4.74 Å². The molecule has 2 aliphatic rings. The van der Waals surface area contributed by atoms with Gasteiger partial charge in [0.05, 0.1) is 5.56 Å². The monoisotopic (exact) mass is 363 g/mol. The van der Waals surface area contributed by atoms with Crippen LogP contribution in [-0.2, 0) is 27.2 Å². The summed E-state index contributed by atoms with van der Waals surface area (Å²) in [6.07, 6.45) is 7.19.